The zero-order valence-corrected chi connectivity index (χ0v) is 19.2. The molecule has 0 aromatic heterocycles. The van der Waals surface area contributed by atoms with Crippen LogP contribution in [0.1, 0.15) is 5.56 Å². The van der Waals surface area contributed by atoms with E-state index in [1.165, 1.54) is 23.8 Å². The lowest BCUT2D eigenvalue weighted by molar-refractivity contribution is -0.136. The predicted molar refractivity (Wildman–Crippen MR) is 133 cm³/mol. The van der Waals surface area contributed by atoms with Gasteiger partial charge in [-0.3, -0.25) is 9.69 Å². The Morgan fingerprint density at radius 2 is 1.70 bits per heavy atom. The van der Waals surface area contributed by atoms with Crippen LogP contribution < -0.4 is 19.1 Å². The topological polar surface area (TPSA) is 65.1 Å². The fraction of sp³-hybridized carbons (Fsp3) is 0.0800. The highest BCUT2D eigenvalue weighted by Crippen LogP contribution is 2.37. The third-order valence-corrected chi connectivity index (χ3v) is 5.92. The number of carbonyl (C=O) groups excluding carboxylic acids is 2. The van der Waals surface area contributed by atoms with Crippen LogP contribution in [0.25, 0.3) is 6.08 Å². The summed E-state index contributed by atoms with van der Waals surface area (Å²) in [5.41, 5.74) is 1.46. The molecule has 4 rings (SSSR count). The molecule has 1 aliphatic heterocycles. The second kappa shape index (κ2) is 10.3. The molecule has 0 aliphatic carbocycles. The van der Waals surface area contributed by atoms with E-state index in [0.29, 0.717) is 26.5 Å². The first-order valence-electron chi connectivity index (χ1n) is 9.95. The molecule has 0 unspecified atom stereocenters. The summed E-state index contributed by atoms with van der Waals surface area (Å²) in [6, 6.07) is 23.2. The van der Waals surface area contributed by atoms with Crippen molar-refractivity contribution >= 4 is 51.9 Å². The second-order valence-electron chi connectivity index (χ2n) is 6.84. The Kier molecular flexibility index (Phi) is 7.07. The molecule has 1 heterocycles. The van der Waals surface area contributed by atoms with E-state index in [2.05, 4.69) is 0 Å². The van der Waals surface area contributed by atoms with Crippen LogP contribution in [-0.2, 0) is 9.59 Å². The van der Waals surface area contributed by atoms with Gasteiger partial charge in [0.05, 0.1) is 17.7 Å². The smallest absolute Gasteiger partial charge is 0.349 e. The quantitative estimate of drug-likeness (QED) is 0.203. The van der Waals surface area contributed by atoms with Crippen LogP contribution in [0.15, 0.2) is 83.8 Å². The molecular formula is C25H19NO5S2. The third kappa shape index (κ3) is 5.42. The molecular weight excluding hydrogens is 458 g/mol. The van der Waals surface area contributed by atoms with Gasteiger partial charge in [-0.25, -0.2) is 4.79 Å². The highest BCUT2D eigenvalue weighted by Gasteiger charge is 2.33. The number of methoxy groups -OCH3 is 1. The Bertz CT molecular complexity index is 1210. The standard InChI is InChI=1S/C25H19NO5S2/c1-29-21-14-17(12-13-20(21)30-16-23(27)31-19-10-6-3-7-11-19)15-22-24(28)26(25(32)33-22)18-8-4-2-5-9-18/h2-15H,16H2,1H3/b22-15-. The molecule has 3 aromatic carbocycles. The Hall–Kier alpha value is -3.62. The molecule has 8 heteroatoms. The lowest BCUT2D eigenvalue weighted by atomic mass is 10.2. The number of anilines is 1. The van der Waals surface area contributed by atoms with Crippen molar-refractivity contribution in [3.05, 3.63) is 89.3 Å². The van der Waals surface area contributed by atoms with E-state index in [9.17, 15) is 9.59 Å². The van der Waals surface area contributed by atoms with E-state index in [0.717, 1.165) is 11.3 Å². The number of para-hydroxylation sites is 2. The number of esters is 1. The van der Waals surface area contributed by atoms with Crippen molar-refractivity contribution in [3.63, 3.8) is 0 Å². The number of hydrogen-bond acceptors (Lipinski definition) is 7. The molecule has 6 nitrogen and oxygen atoms in total. The monoisotopic (exact) mass is 477 g/mol. The van der Waals surface area contributed by atoms with E-state index in [1.807, 2.05) is 36.4 Å². The van der Waals surface area contributed by atoms with Crippen LogP contribution in [0.2, 0.25) is 0 Å². The Balaban J connectivity index is 1.45. The molecule has 0 saturated carbocycles. The van der Waals surface area contributed by atoms with Gasteiger partial charge in [-0.15, -0.1) is 0 Å². The fourth-order valence-electron chi connectivity index (χ4n) is 3.10. The number of thiocarbonyl (C=S) groups is 1. The number of amides is 1. The summed E-state index contributed by atoms with van der Waals surface area (Å²) < 4.78 is 16.7. The molecule has 1 saturated heterocycles. The molecule has 0 spiro atoms. The highest BCUT2D eigenvalue weighted by atomic mass is 32.2. The predicted octanol–water partition coefficient (Wildman–Crippen LogP) is 5.09. The van der Waals surface area contributed by atoms with E-state index in [-0.39, 0.29) is 12.5 Å². The van der Waals surface area contributed by atoms with Crippen molar-refractivity contribution < 1.29 is 23.8 Å². The van der Waals surface area contributed by atoms with Gasteiger partial charge in [0.2, 0.25) is 0 Å². The zero-order chi connectivity index (χ0) is 23.2. The maximum Gasteiger partial charge on any atom is 0.349 e. The van der Waals surface area contributed by atoms with Crippen LogP contribution in [0.4, 0.5) is 5.69 Å². The molecule has 166 valence electrons. The van der Waals surface area contributed by atoms with E-state index in [1.54, 1.807) is 48.5 Å². The van der Waals surface area contributed by atoms with Gasteiger partial charge in [-0.1, -0.05) is 66.4 Å². The first-order chi connectivity index (χ1) is 16.0. The maximum absolute atomic E-state index is 12.9. The van der Waals surface area contributed by atoms with Gasteiger partial charge >= 0.3 is 5.97 Å². The maximum atomic E-state index is 12.9. The lowest BCUT2D eigenvalue weighted by Gasteiger charge is -2.13. The summed E-state index contributed by atoms with van der Waals surface area (Å²) in [6.07, 6.45) is 1.75. The average Bonchev–Trinajstić information content (AvgIpc) is 3.11. The number of rotatable bonds is 7. The fourth-order valence-corrected chi connectivity index (χ4v) is 4.40. The van der Waals surface area contributed by atoms with Gasteiger partial charge in [0.15, 0.2) is 22.4 Å². The average molecular weight is 478 g/mol. The Labute approximate surface area is 200 Å². The summed E-state index contributed by atoms with van der Waals surface area (Å²) in [5, 5.41) is 0. The van der Waals surface area contributed by atoms with Gasteiger partial charge in [-0.2, -0.15) is 0 Å². The Morgan fingerprint density at radius 1 is 1.00 bits per heavy atom. The minimum absolute atomic E-state index is 0.181. The van der Waals surface area contributed by atoms with Crippen molar-refractivity contribution in [3.8, 4) is 17.2 Å². The minimum atomic E-state index is -0.531. The highest BCUT2D eigenvalue weighted by molar-refractivity contribution is 8.27. The number of nitrogens with zero attached hydrogens (tertiary/aromatic N) is 1. The summed E-state index contributed by atoms with van der Waals surface area (Å²) in [5.74, 6) is 0.545. The summed E-state index contributed by atoms with van der Waals surface area (Å²) >= 11 is 6.65. The molecule has 1 amide bonds. The van der Waals surface area contributed by atoms with Crippen molar-refractivity contribution in [2.45, 2.75) is 0 Å². The minimum Gasteiger partial charge on any atom is -0.493 e. The third-order valence-electron chi connectivity index (χ3n) is 4.61. The molecule has 33 heavy (non-hydrogen) atoms. The van der Waals surface area contributed by atoms with Crippen LogP contribution in [0.3, 0.4) is 0 Å². The summed E-state index contributed by atoms with van der Waals surface area (Å²) in [4.78, 5) is 27.0. The first kappa shape index (κ1) is 22.6. The van der Waals surface area contributed by atoms with Crippen LogP contribution in [0.5, 0.6) is 17.2 Å². The zero-order valence-electron chi connectivity index (χ0n) is 17.6. The molecule has 0 bridgehead atoms. The van der Waals surface area contributed by atoms with Crippen molar-refractivity contribution in [2.24, 2.45) is 0 Å². The van der Waals surface area contributed by atoms with E-state index < -0.39 is 5.97 Å². The van der Waals surface area contributed by atoms with E-state index >= 15 is 0 Å². The molecule has 1 fully saturated rings. The number of hydrogen-bond donors (Lipinski definition) is 0. The van der Waals surface area contributed by atoms with Crippen LogP contribution in [0, 0.1) is 0 Å². The molecule has 1 aliphatic rings. The van der Waals surface area contributed by atoms with Gasteiger partial charge in [-0.05, 0) is 48.0 Å². The normalized spacial score (nSPS) is 14.5. The number of ether oxygens (including phenoxy) is 3. The Morgan fingerprint density at radius 3 is 2.39 bits per heavy atom. The number of benzene rings is 3. The molecule has 0 atom stereocenters. The SMILES string of the molecule is COc1cc(/C=C2\SC(=S)N(c3ccccc3)C2=O)ccc1OCC(=O)Oc1ccccc1. The number of thioether (sulfide) groups is 1. The van der Waals surface area contributed by atoms with Gasteiger partial charge in [0.1, 0.15) is 5.75 Å². The molecule has 0 radical (unpaired) electrons. The first-order valence-corrected chi connectivity index (χ1v) is 11.2. The van der Waals surface area contributed by atoms with Crippen LogP contribution in [-0.4, -0.2) is 29.9 Å². The summed E-state index contributed by atoms with van der Waals surface area (Å²) in [7, 11) is 1.50. The molecule has 3 aromatic rings. The largest absolute Gasteiger partial charge is 0.493 e. The van der Waals surface area contributed by atoms with Gasteiger partial charge in [0, 0.05) is 0 Å². The summed E-state index contributed by atoms with van der Waals surface area (Å²) in [6.45, 7) is -0.277. The second-order valence-corrected chi connectivity index (χ2v) is 8.51. The van der Waals surface area contributed by atoms with Crippen LogP contribution >= 0.6 is 24.0 Å². The van der Waals surface area contributed by atoms with Gasteiger partial charge < -0.3 is 14.2 Å². The lowest BCUT2D eigenvalue weighted by Crippen LogP contribution is -2.27. The number of carbonyl (C=O) groups is 2. The van der Waals surface area contributed by atoms with Crippen molar-refractivity contribution in [1.82, 2.24) is 0 Å². The molecule has 0 N–H and O–H groups in total. The van der Waals surface area contributed by atoms with Gasteiger partial charge in [0.25, 0.3) is 5.91 Å². The van der Waals surface area contributed by atoms with Crippen molar-refractivity contribution in [2.75, 3.05) is 18.6 Å². The van der Waals surface area contributed by atoms with E-state index in [4.69, 9.17) is 26.4 Å². The van der Waals surface area contributed by atoms with Crippen molar-refractivity contribution in [1.29, 1.82) is 0 Å².